The molecule has 4 rings (SSSR count). The van der Waals surface area contributed by atoms with Gasteiger partial charge in [-0.1, -0.05) is 308 Å². The summed E-state index contributed by atoms with van der Waals surface area (Å²) in [5.74, 6) is 7.53. The number of fused-ring (bicyclic) bond motifs is 1. The molecule has 0 aromatic heterocycles. The molecule has 2 fully saturated rings. The first-order chi connectivity index (χ1) is 36.3. The number of hydrogen-bond acceptors (Lipinski definition) is 1. The number of rotatable bonds is 32. The molecule has 1 nitrogen and oxygen atoms in total. The smallest absolute Gasteiger partial charge is 0.0755 e. The van der Waals surface area contributed by atoms with Gasteiger partial charge in [-0.25, -0.2) is 0 Å². The minimum Gasteiger partial charge on any atom is -0.389 e. The Labute approximate surface area is 480 Å². The maximum Gasteiger partial charge on any atom is 0.0755 e. The Morgan fingerprint density at radius 1 is 0.697 bits per heavy atom. The standard InChI is InChI=1S/C57H94O.C10H20.4C2H6/c1-16-20-25-29-42(6)46(10)53(58)40-48-34-35-50-52(39-48)56(13,14)54(57(50,15)36-28-21-17-2)31-27-24-22-23-26-30-44(8)55(11,12)51-38-47(33-32-43(51)7)37-49(19-4)45(9)41(5)18-3;1-2-3-4-5-6-7-10-8-9-10;4*1-2/h19,25,32-35,41-44,47-54,58H,1,4,9-10,17-18,21-24,26-31,36-40H2,2-3,5-8,11-15H3;10H,2-9H2,1H3;4*1-2H3/t41?,42?,43-,44?,47-,48?,49?,50?,51?,52-,53-,54-,57?;;;;;/m1...../s1. The van der Waals surface area contributed by atoms with Crippen LogP contribution in [0, 0.1) is 87.3 Å². The Morgan fingerprint density at radius 2 is 1.24 bits per heavy atom. The molecule has 4 aliphatic rings. The summed E-state index contributed by atoms with van der Waals surface area (Å²) in [7, 11) is 0. The van der Waals surface area contributed by atoms with Gasteiger partial charge >= 0.3 is 0 Å². The van der Waals surface area contributed by atoms with Gasteiger partial charge < -0.3 is 5.11 Å². The predicted molar refractivity (Wildman–Crippen MR) is 348 cm³/mol. The molecule has 13 atom stereocenters. The molecule has 444 valence electrons. The normalized spacial score (nSPS) is 25.8. The molecule has 0 aliphatic heterocycles. The molecule has 0 amide bonds. The van der Waals surface area contributed by atoms with Gasteiger partial charge in [0, 0.05) is 0 Å². The van der Waals surface area contributed by atoms with E-state index in [1.807, 2.05) is 61.5 Å². The summed E-state index contributed by atoms with van der Waals surface area (Å²) in [5.41, 5.74) is 8.95. The van der Waals surface area contributed by atoms with Crippen LogP contribution >= 0.6 is 0 Å². The first-order valence-corrected chi connectivity index (χ1v) is 33.5. The van der Waals surface area contributed by atoms with E-state index in [9.17, 15) is 5.11 Å². The van der Waals surface area contributed by atoms with Gasteiger partial charge in [0.1, 0.15) is 0 Å². The molecule has 2 saturated carbocycles. The van der Waals surface area contributed by atoms with Crippen molar-refractivity contribution in [2.24, 2.45) is 87.3 Å². The lowest BCUT2D eigenvalue weighted by Gasteiger charge is -2.45. The van der Waals surface area contributed by atoms with Gasteiger partial charge in [0.05, 0.1) is 6.10 Å². The van der Waals surface area contributed by atoms with E-state index in [-0.39, 0.29) is 5.92 Å². The minimum atomic E-state index is -0.464. The van der Waals surface area contributed by atoms with Crippen LogP contribution in [0.1, 0.15) is 299 Å². The van der Waals surface area contributed by atoms with Crippen molar-refractivity contribution in [2.75, 3.05) is 0 Å². The molecular weight excluding hydrogens is 917 g/mol. The topological polar surface area (TPSA) is 20.2 Å². The van der Waals surface area contributed by atoms with Crippen molar-refractivity contribution in [3.8, 4) is 0 Å². The van der Waals surface area contributed by atoms with Crippen molar-refractivity contribution in [3.63, 3.8) is 0 Å². The van der Waals surface area contributed by atoms with Crippen LogP contribution in [0.4, 0.5) is 0 Å². The molecule has 1 heteroatoms. The zero-order valence-corrected chi connectivity index (χ0v) is 55.4. The highest BCUT2D eigenvalue weighted by Gasteiger charge is 2.60. The lowest BCUT2D eigenvalue weighted by Crippen LogP contribution is -2.37. The first kappa shape index (κ1) is 76.0. The van der Waals surface area contributed by atoms with Crippen molar-refractivity contribution in [3.05, 3.63) is 85.4 Å². The molecular formula is C75H138O. The van der Waals surface area contributed by atoms with E-state index in [2.05, 4.69) is 151 Å². The Hall–Kier alpha value is -2.04. The number of hydrogen-bond donors (Lipinski definition) is 1. The second-order valence-corrected chi connectivity index (χ2v) is 25.4. The van der Waals surface area contributed by atoms with Crippen LogP contribution in [0.15, 0.2) is 85.4 Å². The van der Waals surface area contributed by atoms with Gasteiger partial charge in [0.2, 0.25) is 0 Å². The van der Waals surface area contributed by atoms with Crippen LogP contribution < -0.4 is 0 Å². The van der Waals surface area contributed by atoms with Crippen LogP contribution in [0.25, 0.3) is 0 Å². The van der Waals surface area contributed by atoms with Crippen LogP contribution in [0.2, 0.25) is 0 Å². The van der Waals surface area contributed by atoms with Crippen molar-refractivity contribution in [1.29, 1.82) is 0 Å². The summed E-state index contributed by atoms with van der Waals surface area (Å²) in [5, 5.41) is 11.3. The Kier molecular flexibility index (Phi) is 42.8. The fourth-order valence-corrected chi connectivity index (χ4v) is 14.1. The Balaban J connectivity index is 0. The third kappa shape index (κ3) is 25.6. The fourth-order valence-electron chi connectivity index (χ4n) is 14.1. The summed E-state index contributed by atoms with van der Waals surface area (Å²) >= 11 is 0. The van der Waals surface area contributed by atoms with Crippen LogP contribution in [-0.2, 0) is 0 Å². The molecule has 0 bridgehead atoms. The molecule has 4 aliphatic carbocycles. The van der Waals surface area contributed by atoms with Crippen molar-refractivity contribution in [2.45, 2.75) is 305 Å². The van der Waals surface area contributed by atoms with Gasteiger partial charge in [-0.15, -0.1) is 6.58 Å². The number of allylic oxidation sites excluding steroid dienone is 7. The highest BCUT2D eigenvalue weighted by atomic mass is 16.3. The largest absolute Gasteiger partial charge is 0.389 e. The summed E-state index contributed by atoms with van der Waals surface area (Å²) in [6, 6.07) is 0. The summed E-state index contributed by atoms with van der Waals surface area (Å²) in [6.45, 7) is 62.1. The van der Waals surface area contributed by atoms with E-state index < -0.39 is 6.10 Å². The zero-order valence-electron chi connectivity index (χ0n) is 55.4. The van der Waals surface area contributed by atoms with E-state index in [4.69, 9.17) is 0 Å². The molecule has 0 aromatic rings. The highest BCUT2D eigenvalue weighted by molar-refractivity contribution is 5.19. The monoisotopic (exact) mass is 1060 g/mol. The van der Waals surface area contributed by atoms with E-state index in [0.717, 1.165) is 48.5 Å². The number of unbranched alkanes of at least 4 members (excludes halogenated alkanes) is 10. The maximum absolute atomic E-state index is 11.3. The highest BCUT2D eigenvalue weighted by Crippen LogP contribution is 2.67. The summed E-state index contributed by atoms with van der Waals surface area (Å²) < 4.78 is 0. The molecule has 0 spiro atoms. The van der Waals surface area contributed by atoms with Crippen molar-refractivity contribution < 1.29 is 5.11 Å². The number of aliphatic hydroxyl groups excluding tert-OH is 1. The van der Waals surface area contributed by atoms with Gasteiger partial charge in [-0.05, 0) is 157 Å². The molecule has 0 aromatic carbocycles. The molecule has 76 heavy (non-hydrogen) atoms. The molecule has 0 heterocycles. The lowest BCUT2D eigenvalue weighted by atomic mass is 9.59. The van der Waals surface area contributed by atoms with Crippen LogP contribution in [-0.4, -0.2) is 11.2 Å². The van der Waals surface area contributed by atoms with E-state index in [0.29, 0.717) is 57.7 Å². The first-order valence-electron chi connectivity index (χ1n) is 33.5. The molecule has 8 unspecified atom stereocenters. The van der Waals surface area contributed by atoms with Crippen LogP contribution in [0.5, 0.6) is 0 Å². The SMILES string of the molecule is C=C=C=CCC(C)C(=C)[C@H](O)CC1C=CC2[C@@H](C1)C(C)(C)[C@@H](CCCCCCCC(C)C(C)(C)C1C[C@@H](CC(C=C)C(=C)C(C)CC)C=C[C@H]1C)C2(C)CCCCC.CC.CC.CC.CC.CCCCCCCC1CC1. The average Bonchev–Trinajstić information content (AvgIpc) is 4.25. The summed E-state index contributed by atoms with van der Waals surface area (Å²) in [4.78, 5) is 0. The summed E-state index contributed by atoms with van der Waals surface area (Å²) in [6.07, 6.45) is 47.0. The Bertz CT molecular complexity index is 1620. The third-order valence-corrected chi connectivity index (χ3v) is 19.8. The second-order valence-electron chi connectivity index (χ2n) is 25.4. The van der Waals surface area contributed by atoms with E-state index in [1.54, 1.807) is 0 Å². The minimum absolute atomic E-state index is 0.221. The molecule has 0 saturated heterocycles. The van der Waals surface area contributed by atoms with Gasteiger partial charge in [0.15, 0.2) is 0 Å². The second kappa shape index (κ2) is 42.8. The van der Waals surface area contributed by atoms with Gasteiger partial charge in [-0.3, -0.25) is 0 Å². The van der Waals surface area contributed by atoms with Gasteiger partial charge in [-0.2, -0.15) is 0 Å². The quantitative estimate of drug-likeness (QED) is 0.0404. The zero-order chi connectivity index (χ0) is 58.5. The third-order valence-electron chi connectivity index (χ3n) is 19.8. The fraction of sp³-hybridized carbons (Fsp3) is 0.813. The average molecular weight is 1060 g/mol. The molecule has 0 radical (unpaired) electrons. The van der Waals surface area contributed by atoms with Crippen LogP contribution in [0.3, 0.4) is 0 Å². The van der Waals surface area contributed by atoms with Crippen molar-refractivity contribution >= 4 is 0 Å². The Morgan fingerprint density at radius 3 is 1.80 bits per heavy atom. The molecule has 1 N–H and O–H groups in total. The van der Waals surface area contributed by atoms with Gasteiger partial charge in [0.25, 0.3) is 0 Å². The predicted octanol–water partition coefficient (Wildman–Crippen LogP) is 24.7. The van der Waals surface area contributed by atoms with E-state index in [1.165, 1.54) is 147 Å². The lowest BCUT2D eigenvalue weighted by molar-refractivity contribution is 0.0660. The van der Waals surface area contributed by atoms with Crippen molar-refractivity contribution in [1.82, 2.24) is 0 Å². The maximum atomic E-state index is 11.3. The number of aliphatic hydroxyl groups is 1. The van der Waals surface area contributed by atoms with E-state index >= 15 is 0 Å².